The van der Waals surface area contributed by atoms with Crippen molar-refractivity contribution in [2.75, 3.05) is 0 Å². The molecule has 1 aromatic heterocycles. The molecular weight excluding hydrogens is 253 g/mol. The lowest BCUT2D eigenvalue weighted by Gasteiger charge is -1.97. The minimum absolute atomic E-state index is 0.402. The van der Waals surface area contributed by atoms with E-state index in [2.05, 4.69) is 10.2 Å². The van der Waals surface area contributed by atoms with Crippen LogP contribution < -0.4 is 5.73 Å². The normalized spacial score (nSPS) is 10.6. The molecule has 2 N–H and O–H groups in total. The highest BCUT2D eigenvalue weighted by Crippen LogP contribution is 2.29. The van der Waals surface area contributed by atoms with Gasteiger partial charge in [-0.1, -0.05) is 40.6 Å². The van der Waals surface area contributed by atoms with Crippen LogP contribution in [0.5, 0.6) is 0 Å². The summed E-state index contributed by atoms with van der Waals surface area (Å²) in [5.41, 5.74) is 6.36. The van der Waals surface area contributed by atoms with E-state index in [1.807, 2.05) is 6.07 Å². The lowest BCUT2D eigenvalue weighted by atomic mass is 10.2. The number of nitrogens with zero attached hydrogens (tertiary/aromatic N) is 2. The van der Waals surface area contributed by atoms with Crippen molar-refractivity contribution < 1.29 is 0 Å². The highest BCUT2D eigenvalue weighted by molar-refractivity contribution is 7.14. The summed E-state index contributed by atoms with van der Waals surface area (Å²) < 4.78 is 0. The molecule has 0 atom stereocenters. The van der Waals surface area contributed by atoms with Crippen molar-refractivity contribution in [1.29, 1.82) is 0 Å². The first-order valence-corrected chi connectivity index (χ1v) is 5.76. The molecule has 6 heteroatoms. The topological polar surface area (TPSA) is 51.8 Å². The second-order valence-corrected chi connectivity index (χ2v) is 4.71. The Morgan fingerprint density at radius 2 is 2.00 bits per heavy atom. The number of hydrogen-bond donors (Lipinski definition) is 1. The second kappa shape index (κ2) is 4.45. The molecule has 0 aliphatic rings. The minimum atomic E-state index is 0.402. The van der Waals surface area contributed by atoms with Crippen LogP contribution in [-0.2, 0) is 6.54 Å². The molecule has 0 saturated carbocycles. The SMILES string of the molecule is NCc1nnc(-c2ccc(Cl)c(Cl)c2)s1. The smallest absolute Gasteiger partial charge is 0.147 e. The Labute approximate surface area is 101 Å². The lowest BCUT2D eigenvalue weighted by molar-refractivity contribution is 0.960. The van der Waals surface area contributed by atoms with Crippen molar-refractivity contribution in [3.63, 3.8) is 0 Å². The largest absolute Gasteiger partial charge is 0.324 e. The molecule has 0 fully saturated rings. The fourth-order valence-electron chi connectivity index (χ4n) is 1.08. The van der Waals surface area contributed by atoms with E-state index >= 15 is 0 Å². The van der Waals surface area contributed by atoms with Gasteiger partial charge >= 0.3 is 0 Å². The molecule has 15 heavy (non-hydrogen) atoms. The van der Waals surface area contributed by atoms with E-state index < -0.39 is 0 Å². The molecule has 0 aliphatic heterocycles. The van der Waals surface area contributed by atoms with Crippen LogP contribution in [0.4, 0.5) is 0 Å². The fourth-order valence-corrected chi connectivity index (χ4v) is 2.09. The summed E-state index contributed by atoms with van der Waals surface area (Å²) in [6.07, 6.45) is 0. The van der Waals surface area contributed by atoms with E-state index in [1.54, 1.807) is 12.1 Å². The highest BCUT2D eigenvalue weighted by atomic mass is 35.5. The second-order valence-electron chi connectivity index (χ2n) is 2.83. The fraction of sp³-hybridized carbons (Fsp3) is 0.111. The molecule has 2 aromatic rings. The summed E-state index contributed by atoms with van der Waals surface area (Å²) >= 11 is 13.2. The Bertz CT molecular complexity index is 484. The van der Waals surface area contributed by atoms with Gasteiger partial charge in [-0.05, 0) is 12.1 Å². The molecule has 78 valence electrons. The number of aromatic nitrogens is 2. The molecule has 0 spiro atoms. The van der Waals surface area contributed by atoms with Gasteiger partial charge in [-0.25, -0.2) is 0 Å². The maximum atomic E-state index is 5.90. The average molecular weight is 260 g/mol. The number of nitrogens with two attached hydrogens (primary N) is 1. The van der Waals surface area contributed by atoms with Crippen molar-refractivity contribution in [3.05, 3.63) is 33.3 Å². The zero-order chi connectivity index (χ0) is 10.8. The monoisotopic (exact) mass is 259 g/mol. The number of rotatable bonds is 2. The first kappa shape index (κ1) is 10.8. The third kappa shape index (κ3) is 2.29. The van der Waals surface area contributed by atoms with Gasteiger partial charge in [0.1, 0.15) is 10.0 Å². The average Bonchev–Trinajstić information content (AvgIpc) is 2.70. The van der Waals surface area contributed by atoms with Gasteiger partial charge in [-0.3, -0.25) is 0 Å². The number of benzene rings is 1. The molecular formula is C9H7Cl2N3S. The van der Waals surface area contributed by atoms with E-state index in [1.165, 1.54) is 11.3 Å². The molecule has 0 saturated heterocycles. The van der Waals surface area contributed by atoms with Crippen LogP contribution in [0, 0.1) is 0 Å². The van der Waals surface area contributed by atoms with Gasteiger partial charge in [0.05, 0.1) is 10.0 Å². The zero-order valence-corrected chi connectivity index (χ0v) is 9.90. The van der Waals surface area contributed by atoms with Crippen LogP contribution in [0.3, 0.4) is 0 Å². The van der Waals surface area contributed by atoms with Crippen molar-refractivity contribution >= 4 is 34.5 Å². The molecule has 0 aliphatic carbocycles. The highest BCUT2D eigenvalue weighted by Gasteiger charge is 2.07. The predicted molar refractivity (Wildman–Crippen MR) is 63.3 cm³/mol. The van der Waals surface area contributed by atoms with Crippen LogP contribution in [0.1, 0.15) is 5.01 Å². The maximum Gasteiger partial charge on any atom is 0.147 e. The van der Waals surface area contributed by atoms with Crippen LogP contribution >= 0.6 is 34.5 Å². The van der Waals surface area contributed by atoms with Crippen LogP contribution in [0.25, 0.3) is 10.6 Å². The third-order valence-electron chi connectivity index (χ3n) is 1.81. The van der Waals surface area contributed by atoms with E-state index in [9.17, 15) is 0 Å². The van der Waals surface area contributed by atoms with Gasteiger partial charge in [0.15, 0.2) is 0 Å². The van der Waals surface area contributed by atoms with Crippen LogP contribution in [0.15, 0.2) is 18.2 Å². The first-order chi connectivity index (χ1) is 7.20. The summed E-state index contributed by atoms with van der Waals surface area (Å²) in [4.78, 5) is 0. The van der Waals surface area contributed by atoms with E-state index in [-0.39, 0.29) is 0 Å². The Hall–Kier alpha value is -0.680. The summed E-state index contributed by atoms with van der Waals surface area (Å²) in [6.45, 7) is 0.402. The molecule has 0 radical (unpaired) electrons. The van der Waals surface area contributed by atoms with Crippen molar-refractivity contribution in [2.24, 2.45) is 5.73 Å². The number of hydrogen-bond acceptors (Lipinski definition) is 4. The van der Waals surface area contributed by atoms with E-state index in [0.29, 0.717) is 16.6 Å². The lowest BCUT2D eigenvalue weighted by Crippen LogP contribution is -1.94. The first-order valence-electron chi connectivity index (χ1n) is 4.18. The summed E-state index contributed by atoms with van der Waals surface area (Å²) in [5, 5.41) is 10.6. The van der Waals surface area contributed by atoms with Crippen LogP contribution in [-0.4, -0.2) is 10.2 Å². The summed E-state index contributed by atoms with van der Waals surface area (Å²) in [6, 6.07) is 5.36. The third-order valence-corrected chi connectivity index (χ3v) is 3.54. The molecule has 0 unspecified atom stereocenters. The van der Waals surface area contributed by atoms with Gasteiger partial charge < -0.3 is 5.73 Å². The Kier molecular flexibility index (Phi) is 3.21. The standard InChI is InChI=1S/C9H7Cl2N3S/c10-6-2-1-5(3-7(6)11)9-14-13-8(4-12)15-9/h1-3H,4,12H2. The minimum Gasteiger partial charge on any atom is -0.324 e. The zero-order valence-electron chi connectivity index (χ0n) is 7.58. The maximum absolute atomic E-state index is 5.90. The van der Waals surface area contributed by atoms with Gasteiger partial charge in [-0.2, -0.15) is 0 Å². The van der Waals surface area contributed by atoms with Crippen LogP contribution in [0.2, 0.25) is 10.0 Å². The van der Waals surface area contributed by atoms with E-state index in [4.69, 9.17) is 28.9 Å². The quantitative estimate of drug-likeness (QED) is 0.903. The molecule has 1 heterocycles. The summed E-state index contributed by atoms with van der Waals surface area (Å²) in [5.74, 6) is 0. The Morgan fingerprint density at radius 1 is 1.20 bits per heavy atom. The van der Waals surface area contributed by atoms with Gasteiger partial charge in [0.25, 0.3) is 0 Å². The molecule has 0 amide bonds. The Morgan fingerprint density at radius 3 is 2.60 bits per heavy atom. The van der Waals surface area contributed by atoms with Crippen molar-refractivity contribution in [3.8, 4) is 10.6 Å². The molecule has 0 bridgehead atoms. The molecule has 3 nitrogen and oxygen atoms in total. The summed E-state index contributed by atoms with van der Waals surface area (Å²) in [7, 11) is 0. The number of halogens is 2. The van der Waals surface area contributed by atoms with Gasteiger partial charge in [0, 0.05) is 12.1 Å². The predicted octanol–water partition coefficient (Wildman–Crippen LogP) is 2.97. The Balaban J connectivity index is 2.40. The van der Waals surface area contributed by atoms with Crippen molar-refractivity contribution in [1.82, 2.24) is 10.2 Å². The van der Waals surface area contributed by atoms with Gasteiger partial charge in [0.2, 0.25) is 0 Å². The molecule has 1 aromatic carbocycles. The van der Waals surface area contributed by atoms with Crippen molar-refractivity contribution in [2.45, 2.75) is 6.54 Å². The van der Waals surface area contributed by atoms with E-state index in [0.717, 1.165) is 15.6 Å². The molecule has 2 rings (SSSR count). The van der Waals surface area contributed by atoms with Gasteiger partial charge in [-0.15, -0.1) is 10.2 Å².